The van der Waals surface area contributed by atoms with Crippen LogP contribution in [0.2, 0.25) is 0 Å². The maximum absolute atomic E-state index is 11.0. The monoisotopic (exact) mass is 247 g/mol. The number of aromatic carboxylic acids is 1. The van der Waals surface area contributed by atoms with Crippen LogP contribution < -0.4 is 5.32 Å². The third-order valence-corrected chi connectivity index (χ3v) is 2.30. The summed E-state index contributed by atoms with van der Waals surface area (Å²) in [5.74, 6) is -0.832. The first-order valence-corrected chi connectivity index (χ1v) is 5.45. The number of carboxylic acid groups (broad SMARTS) is 1. The van der Waals surface area contributed by atoms with Crippen LogP contribution in [-0.4, -0.2) is 36.9 Å². The van der Waals surface area contributed by atoms with E-state index in [9.17, 15) is 4.79 Å². The molecule has 0 spiro atoms. The van der Waals surface area contributed by atoms with Gasteiger partial charge >= 0.3 is 5.97 Å². The number of hydrogen-bond acceptors (Lipinski definition) is 5. The Morgan fingerprint density at radius 2 is 2.22 bits per heavy atom. The number of hydrogen-bond donors (Lipinski definition) is 2. The largest absolute Gasteiger partial charge is 0.476 e. The summed E-state index contributed by atoms with van der Waals surface area (Å²) in [7, 11) is 0. The number of nitrogens with zero attached hydrogens (tertiary/aromatic N) is 4. The first-order chi connectivity index (χ1) is 8.66. The minimum absolute atomic E-state index is 0.0142. The summed E-state index contributed by atoms with van der Waals surface area (Å²) >= 11 is 0. The number of anilines is 1. The average Bonchev–Trinajstić information content (AvgIpc) is 2.82. The van der Waals surface area contributed by atoms with E-state index < -0.39 is 5.97 Å². The molecule has 0 bridgehead atoms. The molecule has 94 valence electrons. The number of rotatable bonds is 5. The molecule has 2 aromatic rings. The van der Waals surface area contributed by atoms with Crippen LogP contribution in [0.1, 0.15) is 17.4 Å². The van der Waals surface area contributed by atoms with E-state index in [4.69, 9.17) is 5.11 Å². The molecule has 0 aromatic carbocycles. The standard InChI is InChI=1S/C11H13N5O2/c1-8(7-16-6-2-3-14-16)15-10-9(11(17)18)12-4-5-13-10/h2-6,8H,7H2,1H3,(H,13,15)(H,17,18). The van der Waals surface area contributed by atoms with Gasteiger partial charge in [0.2, 0.25) is 0 Å². The molecule has 0 aliphatic rings. The van der Waals surface area contributed by atoms with E-state index in [2.05, 4.69) is 20.4 Å². The number of carboxylic acids is 1. The number of nitrogens with one attached hydrogen (secondary N) is 1. The summed E-state index contributed by atoms with van der Waals surface area (Å²) < 4.78 is 1.76. The molecule has 2 aromatic heterocycles. The molecule has 0 saturated heterocycles. The molecular weight excluding hydrogens is 234 g/mol. The van der Waals surface area contributed by atoms with Gasteiger partial charge in [0, 0.05) is 30.8 Å². The van der Waals surface area contributed by atoms with E-state index in [0.717, 1.165) is 0 Å². The summed E-state index contributed by atoms with van der Waals surface area (Å²) in [5, 5.41) is 16.1. The zero-order valence-electron chi connectivity index (χ0n) is 9.82. The molecule has 18 heavy (non-hydrogen) atoms. The molecule has 0 aliphatic heterocycles. The topological polar surface area (TPSA) is 92.9 Å². The molecule has 7 heteroatoms. The van der Waals surface area contributed by atoms with Crippen molar-refractivity contribution in [1.29, 1.82) is 0 Å². The summed E-state index contributed by atoms with van der Waals surface area (Å²) in [6.07, 6.45) is 6.34. The molecule has 0 saturated carbocycles. The van der Waals surface area contributed by atoms with Crippen molar-refractivity contribution in [3.63, 3.8) is 0 Å². The van der Waals surface area contributed by atoms with E-state index in [1.54, 1.807) is 10.9 Å². The Kier molecular flexibility index (Phi) is 3.52. The Morgan fingerprint density at radius 1 is 1.44 bits per heavy atom. The Hall–Kier alpha value is -2.44. The van der Waals surface area contributed by atoms with Crippen molar-refractivity contribution in [2.24, 2.45) is 0 Å². The van der Waals surface area contributed by atoms with Crippen molar-refractivity contribution < 1.29 is 9.90 Å². The van der Waals surface area contributed by atoms with Gasteiger partial charge in [-0.05, 0) is 13.0 Å². The zero-order valence-corrected chi connectivity index (χ0v) is 9.82. The second kappa shape index (κ2) is 5.26. The van der Waals surface area contributed by atoms with E-state index in [0.29, 0.717) is 6.54 Å². The molecule has 0 amide bonds. The first-order valence-electron chi connectivity index (χ1n) is 5.45. The Labute approximate surface area is 104 Å². The van der Waals surface area contributed by atoms with Gasteiger partial charge in [0.1, 0.15) is 0 Å². The lowest BCUT2D eigenvalue weighted by atomic mass is 10.3. The molecule has 0 radical (unpaired) electrons. The summed E-state index contributed by atoms with van der Waals surface area (Å²) in [6, 6.07) is 1.82. The lowest BCUT2D eigenvalue weighted by molar-refractivity contribution is 0.0691. The Bertz CT molecular complexity index is 526. The quantitative estimate of drug-likeness (QED) is 0.814. The highest BCUT2D eigenvalue weighted by molar-refractivity contribution is 5.90. The predicted octanol–water partition coefficient (Wildman–Crippen LogP) is 0.872. The molecule has 2 heterocycles. The fraction of sp³-hybridized carbons (Fsp3) is 0.273. The van der Waals surface area contributed by atoms with E-state index in [1.165, 1.54) is 12.4 Å². The highest BCUT2D eigenvalue weighted by atomic mass is 16.4. The average molecular weight is 247 g/mol. The number of carbonyl (C=O) groups is 1. The van der Waals surface area contributed by atoms with Crippen molar-refractivity contribution in [2.75, 3.05) is 5.32 Å². The number of aromatic nitrogens is 4. The van der Waals surface area contributed by atoms with Gasteiger partial charge in [-0.1, -0.05) is 0 Å². The Morgan fingerprint density at radius 3 is 2.89 bits per heavy atom. The molecule has 1 atom stereocenters. The smallest absolute Gasteiger partial charge is 0.358 e. The van der Waals surface area contributed by atoms with E-state index >= 15 is 0 Å². The highest BCUT2D eigenvalue weighted by Crippen LogP contribution is 2.10. The van der Waals surface area contributed by atoms with Gasteiger partial charge in [-0.2, -0.15) is 5.10 Å². The SMILES string of the molecule is CC(Cn1cccn1)Nc1nccnc1C(=O)O. The lowest BCUT2D eigenvalue weighted by Crippen LogP contribution is -2.24. The fourth-order valence-electron chi connectivity index (χ4n) is 1.57. The maximum Gasteiger partial charge on any atom is 0.358 e. The third kappa shape index (κ3) is 2.82. The van der Waals surface area contributed by atoms with Gasteiger partial charge in [0.15, 0.2) is 11.5 Å². The van der Waals surface area contributed by atoms with Crippen LogP contribution in [0.15, 0.2) is 30.9 Å². The summed E-state index contributed by atoms with van der Waals surface area (Å²) in [5.41, 5.74) is -0.0789. The molecule has 0 aliphatic carbocycles. The molecule has 1 unspecified atom stereocenters. The molecular formula is C11H13N5O2. The van der Waals surface area contributed by atoms with Gasteiger partial charge in [0.25, 0.3) is 0 Å². The van der Waals surface area contributed by atoms with E-state index in [1.807, 2.05) is 19.2 Å². The van der Waals surface area contributed by atoms with Gasteiger partial charge in [-0.15, -0.1) is 0 Å². The van der Waals surface area contributed by atoms with Gasteiger partial charge in [0.05, 0.1) is 6.54 Å². The van der Waals surface area contributed by atoms with Gasteiger partial charge in [-0.3, -0.25) is 4.68 Å². The van der Waals surface area contributed by atoms with Crippen molar-refractivity contribution in [1.82, 2.24) is 19.7 Å². The fourth-order valence-corrected chi connectivity index (χ4v) is 1.57. The van der Waals surface area contributed by atoms with Crippen molar-refractivity contribution in [3.8, 4) is 0 Å². The zero-order chi connectivity index (χ0) is 13.0. The van der Waals surface area contributed by atoms with Crippen molar-refractivity contribution in [2.45, 2.75) is 19.5 Å². The lowest BCUT2D eigenvalue weighted by Gasteiger charge is -2.15. The highest BCUT2D eigenvalue weighted by Gasteiger charge is 2.14. The van der Waals surface area contributed by atoms with Crippen molar-refractivity contribution in [3.05, 3.63) is 36.5 Å². The second-order valence-corrected chi connectivity index (χ2v) is 3.83. The van der Waals surface area contributed by atoms with Crippen LogP contribution in [0.5, 0.6) is 0 Å². The molecule has 7 nitrogen and oxygen atoms in total. The second-order valence-electron chi connectivity index (χ2n) is 3.83. The van der Waals surface area contributed by atoms with Crippen LogP contribution in [0.25, 0.3) is 0 Å². The van der Waals surface area contributed by atoms with Gasteiger partial charge in [-0.25, -0.2) is 14.8 Å². The predicted molar refractivity (Wildman–Crippen MR) is 64.3 cm³/mol. The maximum atomic E-state index is 11.0. The first kappa shape index (κ1) is 12.0. The van der Waals surface area contributed by atoms with Crippen LogP contribution in [0, 0.1) is 0 Å². The molecule has 0 fully saturated rings. The van der Waals surface area contributed by atoms with Crippen LogP contribution in [-0.2, 0) is 6.54 Å². The third-order valence-electron chi connectivity index (χ3n) is 2.30. The molecule has 2 rings (SSSR count). The summed E-state index contributed by atoms with van der Waals surface area (Å²) in [6.45, 7) is 2.53. The van der Waals surface area contributed by atoms with Gasteiger partial charge < -0.3 is 10.4 Å². The minimum Gasteiger partial charge on any atom is -0.476 e. The van der Waals surface area contributed by atoms with Crippen LogP contribution >= 0.6 is 0 Å². The Balaban J connectivity index is 2.07. The van der Waals surface area contributed by atoms with Crippen LogP contribution in [0.4, 0.5) is 5.82 Å². The van der Waals surface area contributed by atoms with Crippen molar-refractivity contribution >= 4 is 11.8 Å². The van der Waals surface area contributed by atoms with E-state index in [-0.39, 0.29) is 17.6 Å². The molecule has 2 N–H and O–H groups in total. The summed E-state index contributed by atoms with van der Waals surface area (Å²) in [4.78, 5) is 18.7. The normalized spacial score (nSPS) is 12.1. The van der Waals surface area contributed by atoms with Crippen LogP contribution in [0.3, 0.4) is 0 Å². The minimum atomic E-state index is -1.10.